The fourth-order valence-electron chi connectivity index (χ4n) is 5.06. The maximum absolute atomic E-state index is 12.7. The molecule has 0 radical (unpaired) electrons. The number of nitrogens with one attached hydrogen (secondary N) is 3. The van der Waals surface area contributed by atoms with Crippen LogP contribution in [-0.2, 0) is 20.9 Å². The van der Waals surface area contributed by atoms with Gasteiger partial charge in [0.15, 0.2) is 18.1 Å². The number of hydrogen-bond donors (Lipinski definition) is 3. The molecule has 0 fully saturated rings. The molecule has 11 nitrogen and oxygen atoms in total. The first-order valence-corrected chi connectivity index (χ1v) is 15.1. The molecule has 5 rings (SSSR count). The predicted molar refractivity (Wildman–Crippen MR) is 178 cm³/mol. The third kappa shape index (κ3) is 7.82. The molecular formula is C35H33ClN4O7. The van der Waals surface area contributed by atoms with Crippen molar-refractivity contribution in [3.05, 3.63) is 112 Å². The van der Waals surface area contributed by atoms with Crippen molar-refractivity contribution in [2.75, 3.05) is 20.3 Å². The first-order valence-electron chi connectivity index (χ1n) is 14.7. The van der Waals surface area contributed by atoms with E-state index in [2.05, 4.69) is 21.2 Å². The van der Waals surface area contributed by atoms with E-state index in [1.807, 2.05) is 54.6 Å². The lowest BCUT2D eigenvalue weighted by molar-refractivity contribution is -0.139. The third-order valence-electron chi connectivity index (χ3n) is 7.30. The first kappa shape index (κ1) is 32.8. The van der Waals surface area contributed by atoms with Crippen molar-refractivity contribution < 1.29 is 33.3 Å². The van der Waals surface area contributed by atoms with Crippen LogP contribution in [0.15, 0.2) is 95.2 Å². The second-order valence-electron chi connectivity index (χ2n) is 10.4. The van der Waals surface area contributed by atoms with Gasteiger partial charge < -0.3 is 29.6 Å². The molecule has 0 bridgehead atoms. The Morgan fingerprint density at radius 2 is 1.74 bits per heavy atom. The molecule has 4 aromatic carbocycles. The number of nitrogens with zero attached hydrogens (tertiary/aromatic N) is 1. The van der Waals surface area contributed by atoms with Crippen molar-refractivity contribution in [2.45, 2.75) is 26.5 Å². The summed E-state index contributed by atoms with van der Waals surface area (Å²) < 4.78 is 22.5. The van der Waals surface area contributed by atoms with E-state index in [0.717, 1.165) is 16.3 Å². The van der Waals surface area contributed by atoms with Gasteiger partial charge in [-0.2, -0.15) is 5.10 Å². The van der Waals surface area contributed by atoms with E-state index < -0.39 is 23.9 Å². The van der Waals surface area contributed by atoms with Crippen molar-refractivity contribution in [1.82, 2.24) is 16.1 Å². The van der Waals surface area contributed by atoms with Gasteiger partial charge in [0.05, 0.1) is 31.5 Å². The fraction of sp³-hybridized carbons (Fsp3) is 0.200. The number of ether oxygens (including phenoxy) is 4. The SMILES string of the molecule is CCOC(=O)C1=C(C)NC(=O)N[C@@H]1c1ccc(OCC(=O)N/N=C/c2c(OCc3ccccc3Cl)ccc3ccccc23)c(OC)c1. The van der Waals surface area contributed by atoms with Crippen LogP contribution in [0.3, 0.4) is 0 Å². The zero-order valence-electron chi connectivity index (χ0n) is 26.0. The van der Waals surface area contributed by atoms with Crippen molar-refractivity contribution in [1.29, 1.82) is 0 Å². The number of urea groups is 1. The molecular weight excluding hydrogens is 624 g/mol. The Morgan fingerprint density at radius 3 is 2.53 bits per heavy atom. The zero-order valence-corrected chi connectivity index (χ0v) is 26.7. The molecule has 1 atom stereocenters. The van der Waals surface area contributed by atoms with Crippen molar-refractivity contribution >= 4 is 46.5 Å². The van der Waals surface area contributed by atoms with Gasteiger partial charge in [-0.3, -0.25) is 4.79 Å². The van der Waals surface area contributed by atoms with Gasteiger partial charge in [-0.25, -0.2) is 15.0 Å². The molecule has 0 aromatic heterocycles. The summed E-state index contributed by atoms with van der Waals surface area (Å²) in [6, 6.07) is 22.7. The maximum Gasteiger partial charge on any atom is 0.338 e. The van der Waals surface area contributed by atoms with E-state index in [-0.39, 0.29) is 31.1 Å². The topological polar surface area (TPSA) is 137 Å². The highest BCUT2D eigenvalue weighted by atomic mass is 35.5. The quantitative estimate of drug-likeness (QED) is 0.0996. The standard InChI is InChI=1S/C35H33ClN4O7/c1-4-45-34(42)32-21(2)38-35(43)39-33(32)23-14-16-29(30(17-23)44-3)47-20-31(41)40-37-18-26-25-11-7-5-9-22(25)13-15-28(26)46-19-24-10-6-8-12-27(24)36/h5-18,33H,4,19-20H2,1-3H3,(H,40,41)(H2,38,39,43)/b37-18+/t33-/m1/s1. The molecule has 47 heavy (non-hydrogen) atoms. The second-order valence-corrected chi connectivity index (χ2v) is 10.8. The number of rotatable bonds is 12. The van der Waals surface area contributed by atoms with Crippen LogP contribution in [-0.4, -0.2) is 44.4 Å². The number of amides is 3. The van der Waals surface area contributed by atoms with Crippen LogP contribution >= 0.6 is 11.6 Å². The Labute approximate surface area is 276 Å². The van der Waals surface area contributed by atoms with E-state index in [4.69, 9.17) is 30.5 Å². The Hall–Kier alpha value is -5.55. The van der Waals surface area contributed by atoms with E-state index in [0.29, 0.717) is 33.3 Å². The average Bonchev–Trinajstić information content (AvgIpc) is 3.07. The van der Waals surface area contributed by atoms with Crippen LogP contribution < -0.4 is 30.3 Å². The van der Waals surface area contributed by atoms with E-state index in [9.17, 15) is 14.4 Å². The number of hydrazone groups is 1. The highest BCUT2D eigenvalue weighted by Crippen LogP contribution is 2.35. The monoisotopic (exact) mass is 656 g/mol. The summed E-state index contributed by atoms with van der Waals surface area (Å²) >= 11 is 6.31. The van der Waals surface area contributed by atoms with Crippen LogP contribution in [0, 0.1) is 0 Å². The summed E-state index contributed by atoms with van der Waals surface area (Å²) in [5.74, 6) is 0.0763. The minimum absolute atomic E-state index is 0.180. The molecule has 3 N–H and O–H groups in total. The van der Waals surface area contributed by atoms with Crippen LogP contribution in [0.2, 0.25) is 5.02 Å². The third-order valence-corrected chi connectivity index (χ3v) is 7.67. The van der Waals surface area contributed by atoms with Gasteiger partial charge in [-0.05, 0) is 54.4 Å². The molecule has 1 aliphatic rings. The lowest BCUT2D eigenvalue weighted by Gasteiger charge is -2.28. The highest BCUT2D eigenvalue weighted by molar-refractivity contribution is 6.31. The Balaban J connectivity index is 1.27. The van der Waals surface area contributed by atoms with Gasteiger partial charge in [-0.15, -0.1) is 0 Å². The molecule has 0 saturated heterocycles. The summed E-state index contributed by atoms with van der Waals surface area (Å²) in [7, 11) is 1.44. The number of carbonyl (C=O) groups excluding carboxylic acids is 3. The second kappa shape index (κ2) is 15.2. The van der Waals surface area contributed by atoms with Crippen molar-refractivity contribution in [3.63, 3.8) is 0 Å². The highest BCUT2D eigenvalue weighted by Gasteiger charge is 2.32. The summed E-state index contributed by atoms with van der Waals surface area (Å²) in [5.41, 5.74) is 5.23. The van der Waals surface area contributed by atoms with E-state index in [1.165, 1.54) is 13.3 Å². The van der Waals surface area contributed by atoms with Gasteiger partial charge >= 0.3 is 12.0 Å². The molecule has 242 valence electrons. The molecule has 1 aliphatic heterocycles. The molecule has 1 heterocycles. The molecule has 3 amide bonds. The minimum Gasteiger partial charge on any atom is -0.493 e. The molecule has 4 aromatic rings. The summed E-state index contributed by atoms with van der Waals surface area (Å²) in [6.45, 7) is 3.40. The van der Waals surface area contributed by atoms with Crippen LogP contribution in [0.4, 0.5) is 4.79 Å². The number of methoxy groups -OCH3 is 1. The van der Waals surface area contributed by atoms with Crippen LogP contribution in [0.25, 0.3) is 10.8 Å². The van der Waals surface area contributed by atoms with Gasteiger partial charge in [0, 0.05) is 21.8 Å². The lowest BCUT2D eigenvalue weighted by atomic mass is 9.95. The number of halogens is 1. The Morgan fingerprint density at radius 1 is 0.979 bits per heavy atom. The largest absolute Gasteiger partial charge is 0.493 e. The van der Waals surface area contributed by atoms with Crippen LogP contribution in [0.5, 0.6) is 17.2 Å². The zero-order chi connectivity index (χ0) is 33.3. The summed E-state index contributed by atoms with van der Waals surface area (Å²) in [4.78, 5) is 37.6. The number of esters is 1. The van der Waals surface area contributed by atoms with Gasteiger partial charge in [-0.1, -0.05) is 66.2 Å². The van der Waals surface area contributed by atoms with Gasteiger partial charge in [0.25, 0.3) is 5.91 Å². The van der Waals surface area contributed by atoms with E-state index in [1.54, 1.807) is 38.1 Å². The predicted octanol–water partition coefficient (Wildman–Crippen LogP) is 5.80. The number of benzene rings is 4. The molecule has 0 saturated carbocycles. The number of carbonyl (C=O) groups is 3. The average molecular weight is 657 g/mol. The van der Waals surface area contributed by atoms with Crippen molar-refractivity contribution in [3.8, 4) is 17.2 Å². The smallest absolute Gasteiger partial charge is 0.338 e. The molecule has 12 heteroatoms. The Kier molecular flexibility index (Phi) is 10.6. The normalized spacial score (nSPS) is 14.4. The summed E-state index contributed by atoms with van der Waals surface area (Å²) in [6.07, 6.45) is 1.53. The fourth-order valence-corrected chi connectivity index (χ4v) is 5.25. The number of allylic oxidation sites excluding steroid dienone is 1. The molecule has 0 unspecified atom stereocenters. The minimum atomic E-state index is -0.781. The lowest BCUT2D eigenvalue weighted by Crippen LogP contribution is -2.45. The van der Waals surface area contributed by atoms with Crippen molar-refractivity contribution in [2.24, 2.45) is 5.10 Å². The van der Waals surface area contributed by atoms with E-state index >= 15 is 0 Å². The van der Waals surface area contributed by atoms with Gasteiger partial charge in [0.1, 0.15) is 12.4 Å². The Bertz CT molecular complexity index is 1870. The molecule has 0 spiro atoms. The van der Waals surface area contributed by atoms with Gasteiger partial charge in [0.2, 0.25) is 0 Å². The van der Waals surface area contributed by atoms with Crippen LogP contribution in [0.1, 0.15) is 36.6 Å². The number of fused-ring (bicyclic) bond motifs is 1. The molecule has 0 aliphatic carbocycles. The number of hydrogen-bond acceptors (Lipinski definition) is 8. The first-order chi connectivity index (χ1) is 22.8. The maximum atomic E-state index is 12.7. The summed E-state index contributed by atoms with van der Waals surface area (Å²) in [5, 5.41) is 12.0.